The van der Waals surface area contributed by atoms with Crippen LogP contribution in [0.5, 0.6) is 0 Å². The highest BCUT2D eigenvalue weighted by Crippen LogP contribution is 1.97. The molecule has 0 saturated carbocycles. The van der Waals surface area contributed by atoms with Crippen molar-refractivity contribution in [2.45, 2.75) is 6.92 Å². The van der Waals surface area contributed by atoms with Crippen LogP contribution in [0.25, 0.3) is 5.65 Å². The molecular weight excluding hydrogens is 142 g/mol. The topological polar surface area (TPSA) is 50.2 Å². The predicted octanol–water partition coefficient (Wildman–Crippen LogP) is 0.331. The van der Waals surface area contributed by atoms with E-state index in [0.717, 1.165) is 5.69 Å². The largest absolute Gasteiger partial charge is 0.297 e. The SMILES string of the molecule is Cc1cc2nc(=O)ccn2[nH]1. The number of nitrogens with zero attached hydrogens (tertiary/aromatic N) is 2. The van der Waals surface area contributed by atoms with Crippen molar-refractivity contribution in [2.75, 3.05) is 0 Å². The molecule has 1 N–H and O–H groups in total. The second-order valence-electron chi connectivity index (χ2n) is 2.43. The van der Waals surface area contributed by atoms with Crippen LogP contribution >= 0.6 is 0 Å². The van der Waals surface area contributed by atoms with Crippen LogP contribution in [-0.4, -0.2) is 14.6 Å². The monoisotopic (exact) mass is 149 g/mol. The van der Waals surface area contributed by atoms with Crippen LogP contribution in [0.2, 0.25) is 0 Å². The first-order valence-electron chi connectivity index (χ1n) is 3.31. The molecule has 0 unspecified atom stereocenters. The number of aromatic amines is 1. The van der Waals surface area contributed by atoms with Crippen molar-refractivity contribution in [3.63, 3.8) is 0 Å². The maximum atomic E-state index is 10.8. The fourth-order valence-electron chi connectivity index (χ4n) is 1.03. The molecule has 0 saturated heterocycles. The number of fused-ring (bicyclic) bond motifs is 1. The van der Waals surface area contributed by atoms with E-state index in [0.29, 0.717) is 5.65 Å². The first-order chi connectivity index (χ1) is 5.25. The third-order valence-electron chi connectivity index (χ3n) is 1.48. The van der Waals surface area contributed by atoms with Gasteiger partial charge in [-0.25, -0.2) is 4.52 Å². The van der Waals surface area contributed by atoms with Crippen molar-refractivity contribution < 1.29 is 0 Å². The average molecular weight is 149 g/mol. The summed E-state index contributed by atoms with van der Waals surface area (Å²) in [6.45, 7) is 1.92. The minimum absolute atomic E-state index is 0.205. The van der Waals surface area contributed by atoms with E-state index >= 15 is 0 Å². The molecule has 0 bridgehead atoms. The van der Waals surface area contributed by atoms with E-state index in [9.17, 15) is 4.79 Å². The minimum atomic E-state index is -0.205. The molecule has 4 nitrogen and oxygen atoms in total. The van der Waals surface area contributed by atoms with Gasteiger partial charge in [-0.1, -0.05) is 0 Å². The zero-order valence-electron chi connectivity index (χ0n) is 6.03. The Hall–Kier alpha value is -1.58. The van der Waals surface area contributed by atoms with Crippen LogP contribution in [0.3, 0.4) is 0 Å². The lowest BCUT2D eigenvalue weighted by Crippen LogP contribution is -2.05. The molecule has 0 aliphatic heterocycles. The molecule has 2 aromatic rings. The summed E-state index contributed by atoms with van der Waals surface area (Å²) in [4.78, 5) is 14.5. The molecule has 4 heteroatoms. The number of hydrogen-bond acceptors (Lipinski definition) is 2. The number of hydrogen-bond donors (Lipinski definition) is 1. The Kier molecular flexibility index (Phi) is 1.09. The van der Waals surface area contributed by atoms with Crippen LogP contribution in [0.1, 0.15) is 5.69 Å². The highest BCUT2D eigenvalue weighted by Gasteiger charge is 1.95. The molecule has 0 atom stereocenters. The molecule has 56 valence electrons. The summed E-state index contributed by atoms with van der Waals surface area (Å²) in [7, 11) is 0. The molecule has 0 aliphatic carbocycles. The van der Waals surface area contributed by atoms with Crippen LogP contribution in [0.4, 0.5) is 0 Å². The summed E-state index contributed by atoms with van der Waals surface area (Å²) in [5.74, 6) is 0. The fraction of sp³-hybridized carbons (Fsp3) is 0.143. The summed E-state index contributed by atoms with van der Waals surface area (Å²) >= 11 is 0. The number of rotatable bonds is 0. The van der Waals surface area contributed by atoms with Gasteiger partial charge in [-0.05, 0) is 6.92 Å². The zero-order chi connectivity index (χ0) is 7.84. The van der Waals surface area contributed by atoms with Crippen LogP contribution in [-0.2, 0) is 0 Å². The number of H-pyrrole nitrogens is 1. The molecule has 0 fully saturated rings. The maximum Gasteiger partial charge on any atom is 0.273 e. The lowest BCUT2D eigenvalue weighted by atomic mass is 10.5. The van der Waals surface area contributed by atoms with Gasteiger partial charge < -0.3 is 0 Å². The summed E-state index contributed by atoms with van der Waals surface area (Å²) in [6.07, 6.45) is 1.66. The van der Waals surface area contributed by atoms with Gasteiger partial charge in [0.15, 0.2) is 5.65 Å². The van der Waals surface area contributed by atoms with E-state index in [1.165, 1.54) is 6.07 Å². The molecule has 0 aromatic carbocycles. The highest BCUT2D eigenvalue weighted by molar-refractivity contribution is 5.37. The Bertz CT molecular complexity index is 440. The number of aromatic nitrogens is 3. The number of aryl methyl sites for hydroxylation is 1. The Balaban J connectivity index is 2.92. The Morgan fingerprint density at radius 1 is 1.64 bits per heavy atom. The standard InChI is InChI=1S/C7H7N3O/c1-5-4-6-8-7(11)2-3-10(6)9-5/h2-4,9H,1H3. The zero-order valence-corrected chi connectivity index (χ0v) is 6.03. The van der Waals surface area contributed by atoms with Gasteiger partial charge in [0.25, 0.3) is 5.56 Å². The molecule has 2 heterocycles. The quantitative estimate of drug-likeness (QED) is 0.586. The maximum absolute atomic E-state index is 10.8. The molecule has 0 radical (unpaired) electrons. The average Bonchev–Trinajstić information content (AvgIpc) is 2.27. The van der Waals surface area contributed by atoms with Gasteiger partial charge in [-0.2, -0.15) is 4.98 Å². The molecule has 11 heavy (non-hydrogen) atoms. The molecule has 0 amide bonds. The summed E-state index contributed by atoms with van der Waals surface area (Å²) in [5.41, 5.74) is 1.45. The van der Waals surface area contributed by atoms with Gasteiger partial charge in [-0.3, -0.25) is 9.89 Å². The van der Waals surface area contributed by atoms with Gasteiger partial charge >= 0.3 is 0 Å². The second-order valence-corrected chi connectivity index (χ2v) is 2.43. The molecule has 0 aliphatic rings. The van der Waals surface area contributed by atoms with Crippen molar-refractivity contribution in [3.05, 3.63) is 34.4 Å². The van der Waals surface area contributed by atoms with Crippen molar-refractivity contribution in [3.8, 4) is 0 Å². The van der Waals surface area contributed by atoms with E-state index in [4.69, 9.17) is 0 Å². The van der Waals surface area contributed by atoms with E-state index in [1.807, 2.05) is 13.0 Å². The fourth-order valence-corrected chi connectivity index (χ4v) is 1.03. The summed E-state index contributed by atoms with van der Waals surface area (Å²) < 4.78 is 1.71. The third-order valence-corrected chi connectivity index (χ3v) is 1.48. The van der Waals surface area contributed by atoms with E-state index < -0.39 is 0 Å². The Morgan fingerprint density at radius 2 is 2.45 bits per heavy atom. The van der Waals surface area contributed by atoms with Gasteiger partial charge in [0.1, 0.15) is 0 Å². The van der Waals surface area contributed by atoms with Crippen LogP contribution < -0.4 is 5.56 Å². The van der Waals surface area contributed by atoms with Crippen molar-refractivity contribution in [1.82, 2.24) is 14.6 Å². The first kappa shape index (κ1) is 6.15. The highest BCUT2D eigenvalue weighted by atomic mass is 16.1. The van der Waals surface area contributed by atoms with Gasteiger partial charge in [0, 0.05) is 24.0 Å². The molecule has 2 aromatic heterocycles. The molecular formula is C7H7N3O. The number of nitrogens with one attached hydrogen (secondary N) is 1. The van der Waals surface area contributed by atoms with Crippen molar-refractivity contribution >= 4 is 5.65 Å². The summed E-state index contributed by atoms with van der Waals surface area (Å²) in [5, 5.41) is 3.00. The van der Waals surface area contributed by atoms with Crippen LogP contribution in [0, 0.1) is 6.92 Å². The van der Waals surface area contributed by atoms with Gasteiger partial charge in [0.2, 0.25) is 0 Å². The second kappa shape index (κ2) is 1.95. The Morgan fingerprint density at radius 3 is 3.27 bits per heavy atom. The van der Waals surface area contributed by atoms with Gasteiger partial charge in [0.05, 0.1) is 0 Å². The predicted molar refractivity (Wildman–Crippen MR) is 40.5 cm³/mol. The molecule has 0 spiro atoms. The normalized spacial score (nSPS) is 10.6. The lowest BCUT2D eigenvalue weighted by Gasteiger charge is -1.87. The smallest absolute Gasteiger partial charge is 0.273 e. The minimum Gasteiger partial charge on any atom is -0.297 e. The van der Waals surface area contributed by atoms with E-state index in [1.54, 1.807) is 10.7 Å². The van der Waals surface area contributed by atoms with Crippen molar-refractivity contribution in [2.24, 2.45) is 0 Å². The van der Waals surface area contributed by atoms with Crippen molar-refractivity contribution in [1.29, 1.82) is 0 Å². The Labute approximate surface area is 62.5 Å². The third kappa shape index (κ3) is 0.920. The van der Waals surface area contributed by atoms with E-state index in [-0.39, 0.29) is 5.56 Å². The van der Waals surface area contributed by atoms with E-state index in [2.05, 4.69) is 10.1 Å². The van der Waals surface area contributed by atoms with Gasteiger partial charge in [-0.15, -0.1) is 0 Å². The molecule has 2 rings (SSSR count). The van der Waals surface area contributed by atoms with Crippen LogP contribution in [0.15, 0.2) is 23.1 Å². The summed E-state index contributed by atoms with van der Waals surface area (Å²) in [6, 6.07) is 3.24. The lowest BCUT2D eigenvalue weighted by molar-refractivity contribution is 0.910. The first-order valence-corrected chi connectivity index (χ1v) is 3.31.